The summed E-state index contributed by atoms with van der Waals surface area (Å²) in [6, 6.07) is 13.8. The van der Waals surface area contributed by atoms with Crippen LogP contribution in [0.3, 0.4) is 0 Å². The highest BCUT2D eigenvalue weighted by molar-refractivity contribution is 5.76. The van der Waals surface area contributed by atoms with Crippen LogP contribution in [0.5, 0.6) is 0 Å². The number of pyridine rings is 1. The van der Waals surface area contributed by atoms with E-state index in [0.717, 1.165) is 54.7 Å². The summed E-state index contributed by atoms with van der Waals surface area (Å²) in [6.07, 6.45) is 8.19. The Hall–Kier alpha value is -2.99. The second-order valence-corrected chi connectivity index (χ2v) is 6.34. The number of hydroxylamine groups is 1. The first kappa shape index (κ1) is 18.8. The van der Waals surface area contributed by atoms with Crippen LogP contribution in [-0.4, -0.2) is 21.1 Å². The molecule has 2 aromatic heterocycles. The minimum atomic E-state index is -0.336. The van der Waals surface area contributed by atoms with Gasteiger partial charge < -0.3 is 4.42 Å². The first-order valence-corrected chi connectivity index (χ1v) is 9.16. The first-order chi connectivity index (χ1) is 13.3. The van der Waals surface area contributed by atoms with E-state index in [-0.39, 0.29) is 5.91 Å². The Kier molecular flexibility index (Phi) is 6.71. The lowest BCUT2D eigenvalue weighted by atomic mass is 10.1. The quantitative estimate of drug-likeness (QED) is 0.333. The van der Waals surface area contributed by atoms with Gasteiger partial charge >= 0.3 is 0 Å². The number of unbranched alkanes of at least 4 members (excludes halogenated alkanes) is 3. The highest BCUT2D eigenvalue weighted by atomic mass is 16.5. The van der Waals surface area contributed by atoms with Crippen LogP contribution in [0.2, 0.25) is 0 Å². The summed E-state index contributed by atoms with van der Waals surface area (Å²) in [5.74, 6) is 1.14. The van der Waals surface area contributed by atoms with Crippen molar-refractivity contribution in [2.75, 3.05) is 0 Å². The summed E-state index contributed by atoms with van der Waals surface area (Å²) in [6.45, 7) is 0. The van der Waals surface area contributed by atoms with Crippen LogP contribution in [0, 0.1) is 0 Å². The molecular weight excluding hydrogens is 342 g/mol. The van der Waals surface area contributed by atoms with Crippen LogP contribution in [0.4, 0.5) is 0 Å². The maximum atomic E-state index is 11.0. The molecule has 0 saturated carbocycles. The lowest BCUT2D eigenvalue weighted by Crippen LogP contribution is -2.17. The van der Waals surface area contributed by atoms with Gasteiger partial charge in [0.1, 0.15) is 5.69 Å². The lowest BCUT2D eigenvalue weighted by Gasteiger charge is -2.00. The molecule has 0 radical (unpaired) electrons. The molecule has 0 unspecified atom stereocenters. The molecule has 6 nitrogen and oxygen atoms in total. The fourth-order valence-electron chi connectivity index (χ4n) is 2.93. The average Bonchev–Trinajstić information content (AvgIpc) is 3.16. The Morgan fingerprint density at radius 3 is 2.44 bits per heavy atom. The van der Waals surface area contributed by atoms with E-state index in [1.165, 1.54) is 0 Å². The van der Waals surface area contributed by atoms with Gasteiger partial charge in [-0.1, -0.05) is 43.2 Å². The van der Waals surface area contributed by atoms with Crippen LogP contribution in [0.25, 0.3) is 22.6 Å². The Morgan fingerprint density at radius 1 is 0.963 bits per heavy atom. The highest BCUT2D eigenvalue weighted by Gasteiger charge is 2.16. The van der Waals surface area contributed by atoms with Crippen LogP contribution < -0.4 is 5.48 Å². The SMILES string of the molecule is O=C(CCCCCCc1nc(-c2ccccc2)c(-c2ccncc2)o1)NO. The van der Waals surface area contributed by atoms with Gasteiger partial charge in [0.15, 0.2) is 11.7 Å². The topological polar surface area (TPSA) is 88.2 Å². The zero-order valence-corrected chi connectivity index (χ0v) is 15.1. The van der Waals surface area contributed by atoms with E-state index in [2.05, 4.69) is 4.98 Å². The number of aryl methyl sites for hydroxylation is 1. The molecule has 0 saturated heterocycles. The summed E-state index contributed by atoms with van der Waals surface area (Å²) in [5.41, 5.74) is 4.48. The third-order valence-corrected chi connectivity index (χ3v) is 4.33. The number of benzene rings is 1. The van der Waals surface area contributed by atoms with Gasteiger partial charge in [-0.3, -0.25) is 15.0 Å². The zero-order chi connectivity index (χ0) is 18.9. The van der Waals surface area contributed by atoms with Crippen molar-refractivity contribution < 1.29 is 14.4 Å². The second kappa shape index (κ2) is 9.64. The molecule has 2 heterocycles. The molecular formula is C21H23N3O3. The highest BCUT2D eigenvalue weighted by Crippen LogP contribution is 2.32. The lowest BCUT2D eigenvalue weighted by molar-refractivity contribution is -0.129. The second-order valence-electron chi connectivity index (χ2n) is 6.34. The number of carbonyl (C=O) groups excluding carboxylic acids is 1. The molecule has 6 heteroatoms. The van der Waals surface area contributed by atoms with E-state index < -0.39 is 0 Å². The number of nitrogens with zero attached hydrogens (tertiary/aromatic N) is 2. The van der Waals surface area contributed by atoms with Gasteiger partial charge in [0.25, 0.3) is 0 Å². The number of rotatable bonds is 9. The molecule has 1 aromatic carbocycles. The van der Waals surface area contributed by atoms with Crippen molar-refractivity contribution in [3.63, 3.8) is 0 Å². The van der Waals surface area contributed by atoms with E-state index in [1.54, 1.807) is 17.9 Å². The van der Waals surface area contributed by atoms with Crippen molar-refractivity contribution >= 4 is 5.91 Å². The molecule has 0 bridgehead atoms. The van der Waals surface area contributed by atoms with Gasteiger partial charge in [-0.25, -0.2) is 10.5 Å². The molecule has 0 aliphatic carbocycles. The zero-order valence-electron chi connectivity index (χ0n) is 15.1. The molecule has 0 atom stereocenters. The molecule has 3 aromatic rings. The fraction of sp³-hybridized carbons (Fsp3) is 0.286. The largest absolute Gasteiger partial charge is 0.440 e. The van der Waals surface area contributed by atoms with Crippen molar-refractivity contribution in [1.82, 2.24) is 15.4 Å². The molecule has 2 N–H and O–H groups in total. The Balaban J connectivity index is 1.66. The maximum Gasteiger partial charge on any atom is 0.243 e. The molecule has 140 valence electrons. The van der Waals surface area contributed by atoms with Gasteiger partial charge in [0.2, 0.25) is 5.91 Å². The van der Waals surface area contributed by atoms with Crippen LogP contribution in [-0.2, 0) is 11.2 Å². The minimum absolute atomic E-state index is 0.336. The number of oxazole rings is 1. The van der Waals surface area contributed by atoms with Crippen molar-refractivity contribution in [3.8, 4) is 22.6 Å². The molecule has 3 rings (SSSR count). The number of carbonyl (C=O) groups is 1. The predicted octanol–water partition coefficient (Wildman–Crippen LogP) is 4.40. The van der Waals surface area contributed by atoms with Crippen molar-refractivity contribution in [2.24, 2.45) is 0 Å². The fourth-order valence-corrected chi connectivity index (χ4v) is 2.93. The molecule has 0 fully saturated rings. The summed E-state index contributed by atoms with van der Waals surface area (Å²) < 4.78 is 6.08. The standard InChI is InChI=1S/C21H23N3O3/c25-18(24-26)10-6-1-2-7-11-19-23-20(16-8-4-3-5-9-16)21(27-19)17-12-14-22-15-13-17/h3-5,8-9,12-15,26H,1-2,6-7,10-11H2,(H,24,25). The van der Waals surface area contributed by atoms with Crippen LogP contribution in [0.1, 0.15) is 38.0 Å². The van der Waals surface area contributed by atoms with Gasteiger partial charge in [-0.15, -0.1) is 0 Å². The van der Waals surface area contributed by atoms with Gasteiger partial charge in [0.05, 0.1) is 0 Å². The number of aromatic nitrogens is 2. The Bertz CT molecular complexity index is 791. The summed E-state index contributed by atoms with van der Waals surface area (Å²) >= 11 is 0. The van der Waals surface area contributed by atoms with Crippen molar-refractivity contribution in [3.05, 3.63) is 60.7 Å². The predicted molar refractivity (Wildman–Crippen MR) is 102 cm³/mol. The number of hydrogen-bond acceptors (Lipinski definition) is 5. The van der Waals surface area contributed by atoms with Gasteiger partial charge in [-0.2, -0.15) is 0 Å². The molecule has 1 amide bonds. The van der Waals surface area contributed by atoms with E-state index in [0.29, 0.717) is 12.3 Å². The van der Waals surface area contributed by atoms with Crippen LogP contribution in [0.15, 0.2) is 59.3 Å². The normalized spacial score (nSPS) is 10.7. The molecule has 0 spiro atoms. The summed E-state index contributed by atoms with van der Waals surface area (Å²) in [5, 5.41) is 8.48. The van der Waals surface area contributed by atoms with Crippen molar-refractivity contribution in [1.29, 1.82) is 0 Å². The Labute approximate surface area is 158 Å². The molecule has 0 aliphatic heterocycles. The summed E-state index contributed by atoms with van der Waals surface area (Å²) in [7, 11) is 0. The third-order valence-electron chi connectivity index (χ3n) is 4.33. The van der Waals surface area contributed by atoms with E-state index in [4.69, 9.17) is 14.6 Å². The first-order valence-electron chi connectivity index (χ1n) is 9.16. The van der Waals surface area contributed by atoms with E-state index in [1.807, 2.05) is 42.5 Å². The van der Waals surface area contributed by atoms with Gasteiger partial charge in [-0.05, 0) is 25.0 Å². The number of hydrogen-bond donors (Lipinski definition) is 2. The van der Waals surface area contributed by atoms with Gasteiger partial charge in [0, 0.05) is 36.4 Å². The van der Waals surface area contributed by atoms with Crippen molar-refractivity contribution in [2.45, 2.75) is 38.5 Å². The van der Waals surface area contributed by atoms with E-state index >= 15 is 0 Å². The molecule has 27 heavy (non-hydrogen) atoms. The smallest absolute Gasteiger partial charge is 0.243 e. The Morgan fingerprint density at radius 2 is 1.70 bits per heavy atom. The number of amides is 1. The average molecular weight is 365 g/mol. The number of nitrogens with one attached hydrogen (secondary N) is 1. The minimum Gasteiger partial charge on any atom is -0.440 e. The van der Waals surface area contributed by atoms with Crippen LogP contribution >= 0.6 is 0 Å². The monoisotopic (exact) mass is 365 g/mol. The molecule has 0 aliphatic rings. The summed E-state index contributed by atoms with van der Waals surface area (Å²) in [4.78, 5) is 19.8. The van der Waals surface area contributed by atoms with E-state index in [9.17, 15) is 4.79 Å². The maximum absolute atomic E-state index is 11.0. The third kappa shape index (κ3) is 5.24.